The Hall–Kier alpha value is -1.36. The van der Waals surface area contributed by atoms with Gasteiger partial charge in [-0.3, -0.25) is 4.40 Å². The van der Waals surface area contributed by atoms with Gasteiger partial charge in [0.25, 0.3) is 0 Å². The summed E-state index contributed by atoms with van der Waals surface area (Å²) in [5, 5.41) is 2.72. The number of hydrogen-bond acceptors (Lipinski definition) is 3. The lowest BCUT2D eigenvalue weighted by Gasteiger charge is -2.04. The van der Waals surface area contributed by atoms with Crippen molar-refractivity contribution in [3.8, 4) is 10.6 Å². The van der Waals surface area contributed by atoms with Crippen LogP contribution < -0.4 is 5.73 Å². The molecule has 0 amide bonds. The Labute approximate surface area is 114 Å². The second-order valence-electron chi connectivity index (χ2n) is 3.97. The molecule has 3 aromatic rings. The summed E-state index contributed by atoms with van der Waals surface area (Å²) in [6.07, 6.45) is 0.762. The highest BCUT2D eigenvalue weighted by atomic mass is 35.5. The van der Waals surface area contributed by atoms with E-state index in [0.717, 1.165) is 28.3 Å². The zero-order valence-corrected chi connectivity index (χ0v) is 11.2. The number of pyridine rings is 1. The Bertz CT molecular complexity index is 673. The van der Waals surface area contributed by atoms with E-state index in [0.29, 0.717) is 11.7 Å². The summed E-state index contributed by atoms with van der Waals surface area (Å²) in [7, 11) is 0. The van der Waals surface area contributed by atoms with Gasteiger partial charge in [0, 0.05) is 6.42 Å². The van der Waals surface area contributed by atoms with E-state index in [1.54, 1.807) is 11.3 Å². The monoisotopic (exact) mass is 277 g/mol. The molecule has 0 bridgehead atoms. The number of nitrogens with zero attached hydrogens (tertiary/aromatic N) is 2. The van der Waals surface area contributed by atoms with Gasteiger partial charge in [0.2, 0.25) is 0 Å². The lowest BCUT2D eigenvalue weighted by molar-refractivity contribution is 0.908. The van der Waals surface area contributed by atoms with Crippen molar-refractivity contribution in [1.82, 2.24) is 9.38 Å². The molecular formula is C13H12ClN3S. The average Bonchev–Trinajstić information content (AvgIpc) is 2.97. The lowest BCUT2D eigenvalue weighted by atomic mass is 10.2. The summed E-state index contributed by atoms with van der Waals surface area (Å²) in [4.78, 5) is 5.82. The van der Waals surface area contributed by atoms with Crippen molar-refractivity contribution in [3.63, 3.8) is 0 Å². The third-order valence-corrected chi connectivity index (χ3v) is 4.00. The van der Waals surface area contributed by atoms with Crippen LogP contribution in [0.15, 0.2) is 35.7 Å². The fraction of sp³-hybridized carbons (Fsp3) is 0.154. The number of imidazole rings is 1. The van der Waals surface area contributed by atoms with Crippen molar-refractivity contribution in [2.24, 2.45) is 5.73 Å². The minimum Gasteiger partial charge on any atom is -0.330 e. The second-order valence-corrected chi connectivity index (χ2v) is 5.30. The molecule has 2 N–H and O–H groups in total. The Morgan fingerprint density at radius 3 is 2.89 bits per heavy atom. The number of rotatable bonds is 3. The van der Waals surface area contributed by atoms with Crippen molar-refractivity contribution in [3.05, 3.63) is 46.6 Å². The first-order valence-electron chi connectivity index (χ1n) is 5.71. The molecule has 0 unspecified atom stereocenters. The van der Waals surface area contributed by atoms with Crippen LogP contribution in [0.3, 0.4) is 0 Å². The van der Waals surface area contributed by atoms with Gasteiger partial charge in [-0.25, -0.2) is 4.98 Å². The van der Waals surface area contributed by atoms with Gasteiger partial charge in [-0.1, -0.05) is 23.7 Å². The number of nitrogens with two attached hydrogens (primary N) is 1. The zero-order valence-electron chi connectivity index (χ0n) is 9.64. The van der Waals surface area contributed by atoms with Gasteiger partial charge in [-0.05, 0) is 30.1 Å². The van der Waals surface area contributed by atoms with E-state index >= 15 is 0 Å². The van der Waals surface area contributed by atoms with Gasteiger partial charge < -0.3 is 5.73 Å². The van der Waals surface area contributed by atoms with Gasteiger partial charge in [0.15, 0.2) is 0 Å². The van der Waals surface area contributed by atoms with Crippen LogP contribution in [0.1, 0.15) is 5.69 Å². The molecule has 0 spiro atoms. The molecule has 3 aromatic heterocycles. The number of halogens is 1. The van der Waals surface area contributed by atoms with Gasteiger partial charge in [0.1, 0.15) is 16.5 Å². The summed E-state index contributed by atoms with van der Waals surface area (Å²) in [6, 6.07) is 9.84. The fourth-order valence-electron chi connectivity index (χ4n) is 2.09. The van der Waals surface area contributed by atoms with E-state index in [1.165, 1.54) is 0 Å². The zero-order chi connectivity index (χ0) is 12.5. The highest BCUT2D eigenvalue weighted by molar-refractivity contribution is 7.13. The van der Waals surface area contributed by atoms with E-state index in [9.17, 15) is 0 Å². The predicted octanol–water partition coefficient (Wildman–Crippen LogP) is 3.22. The maximum absolute atomic E-state index is 6.26. The van der Waals surface area contributed by atoms with Crippen LogP contribution in [0.4, 0.5) is 0 Å². The molecule has 0 fully saturated rings. The molecule has 0 aliphatic heterocycles. The first-order chi connectivity index (χ1) is 8.81. The predicted molar refractivity (Wildman–Crippen MR) is 76.3 cm³/mol. The van der Waals surface area contributed by atoms with Crippen LogP contribution in [0.25, 0.3) is 16.2 Å². The van der Waals surface area contributed by atoms with Crippen molar-refractivity contribution in [2.45, 2.75) is 6.42 Å². The second kappa shape index (κ2) is 4.72. The molecule has 0 saturated carbocycles. The van der Waals surface area contributed by atoms with E-state index in [2.05, 4.69) is 11.1 Å². The van der Waals surface area contributed by atoms with E-state index in [-0.39, 0.29) is 0 Å². The maximum Gasteiger partial charge on any atom is 0.138 e. The minimum atomic E-state index is 0.581. The van der Waals surface area contributed by atoms with Crippen LogP contribution >= 0.6 is 22.9 Å². The van der Waals surface area contributed by atoms with E-state index in [4.69, 9.17) is 17.3 Å². The number of thiophene rings is 1. The molecule has 5 heteroatoms. The Balaban J connectivity index is 2.31. The molecule has 0 aromatic carbocycles. The van der Waals surface area contributed by atoms with E-state index < -0.39 is 0 Å². The molecule has 3 nitrogen and oxygen atoms in total. The molecule has 0 saturated heterocycles. The average molecular weight is 278 g/mol. The largest absolute Gasteiger partial charge is 0.330 e. The van der Waals surface area contributed by atoms with Crippen LogP contribution in [-0.4, -0.2) is 15.9 Å². The normalized spacial score (nSPS) is 11.2. The van der Waals surface area contributed by atoms with Gasteiger partial charge in [0.05, 0.1) is 10.6 Å². The molecule has 0 radical (unpaired) electrons. The molecule has 3 rings (SSSR count). The molecular weight excluding hydrogens is 266 g/mol. The Morgan fingerprint density at radius 2 is 2.17 bits per heavy atom. The van der Waals surface area contributed by atoms with Gasteiger partial charge in [-0.15, -0.1) is 11.3 Å². The number of hydrogen-bond donors (Lipinski definition) is 1. The topological polar surface area (TPSA) is 43.3 Å². The molecule has 18 heavy (non-hydrogen) atoms. The fourth-order valence-corrected chi connectivity index (χ4v) is 3.09. The van der Waals surface area contributed by atoms with Crippen molar-refractivity contribution in [2.75, 3.05) is 6.54 Å². The molecule has 0 atom stereocenters. The minimum absolute atomic E-state index is 0.581. The van der Waals surface area contributed by atoms with Crippen LogP contribution in [0, 0.1) is 0 Å². The summed E-state index contributed by atoms with van der Waals surface area (Å²) in [5.74, 6) is 0. The maximum atomic E-state index is 6.26. The van der Waals surface area contributed by atoms with Crippen LogP contribution in [0.2, 0.25) is 5.15 Å². The standard InChI is InChI=1S/C13H12ClN3S/c14-11-4-1-5-12-16-13(10-3-2-8-18-10)9(6-7-15)17(11)12/h1-5,8H,6-7,15H2. The smallest absolute Gasteiger partial charge is 0.138 e. The highest BCUT2D eigenvalue weighted by Crippen LogP contribution is 2.30. The third kappa shape index (κ3) is 1.82. The summed E-state index contributed by atoms with van der Waals surface area (Å²) in [5.41, 5.74) is 8.65. The van der Waals surface area contributed by atoms with Crippen LogP contribution in [0.5, 0.6) is 0 Å². The summed E-state index contributed by atoms with van der Waals surface area (Å²) < 4.78 is 1.98. The van der Waals surface area contributed by atoms with Crippen molar-refractivity contribution in [1.29, 1.82) is 0 Å². The van der Waals surface area contributed by atoms with Crippen molar-refractivity contribution < 1.29 is 0 Å². The SMILES string of the molecule is NCCc1c(-c2cccs2)nc2cccc(Cl)n12. The first-order valence-corrected chi connectivity index (χ1v) is 6.97. The quantitative estimate of drug-likeness (QED) is 0.747. The van der Waals surface area contributed by atoms with Crippen molar-refractivity contribution >= 4 is 28.6 Å². The highest BCUT2D eigenvalue weighted by Gasteiger charge is 2.15. The Kier molecular flexibility index (Phi) is 3.07. The molecule has 3 heterocycles. The van der Waals surface area contributed by atoms with Gasteiger partial charge in [-0.2, -0.15) is 0 Å². The third-order valence-electron chi connectivity index (χ3n) is 2.83. The van der Waals surface area contributed by atoms with Crippen LogP contribution in [-0.2, 0) is 6.42 Å². The first kappa shape index (κ1) is 11.7. The summed E-state index contributed by atoms with van der Waals surface area (Å²) >= 11 is 7.94. The molecule has 0 aliphatic rings. The number of aromatic nitrogens is 2. The number of fused-ring (bicyclic) bond motifs is 1. The lowest BCUT2D eigenvalue weighted by Crippen LogP contribution is -2.06. The Morgan fingerprint density at radius 1 is 1.28 bits per heavy atom. The van der Waals surface area contributed by atoms with Gasteiger partial charge >= 0.3 is 0 Å². The van der Waals surface area contributed by atoms with E-state index in [1.807, 2.05) is 34.0 Å². The molecule has 92 valence electrons. The summed E-state index contributed by atoms with van der Waals surface area (Å²) in [6.45, 7) is 0.581. The molecule has 0 aliphatic carbocycles.